The average Bonchev–Trinajstić information content (AvgIpc) is 3.01. The SMILES string of the molecule is COc1csc(C(=O)N(C)c2cccc(/C(N)=N/O)c2)c1. The molecule has 0 bridgehead atoms. The maximum absolute atomic E-state index is 12.4. The second-order valence-electron chi connectivity index (χ2n) is 4.25. The van der Waals surface area contributed by atoms with E-state index in [0.717, 1.165) is 0 Å². The quantitative estimate of drug-likeness (QED) is 0.392. The highest BCUT2D eigenvalue weighted by Crippen LogP contribution is 2.24. The van der Waals surface area contributed by atoms with Gasteiger partial charge >= 0.3 is 0 Å². The monoisotopic (exact) mass is 305 g/mol. The molecule has 1 heterocycles. The minimum atomic E-state index is -0.153. The number of hydrogen-bond donors (Lipinski definition) is 2. The first kappa shape index (κ1) is 14.9. The van der Waals surface area contributed by atoms with Crippen molar-refractivity contribution >= 4 is 28.8 Å². The van der Waals surface area contributed by atoms with Crippen LogP contribution in [-0.4, -0.2) is 31.1 Å². The number of oxime groups is 1. The Morgan fingerprint density at radius 2 is 2.19 bits per heavy atom. The summed E-state index contributed by atoms with van der Waals surface area (Å²) in [5.74, 6) is 0.498. The molecule has 0 saturated carbocycles. The lowest BCUT2D eigenvalue weighted by molar-refractivity contribution is 0.0996. The fraction of sp³-hybridized carbons (Fsp3) is 0.143. The van der Waals surface area contributed by atoms with Gasteiger partial charge in [-0.3, -0.25) is 4.79 Å². The predicted octanol–water partition coefficient (Wildman–Crippen LogP) is 2.13. The van der Waals surface area contributed by atoms with Crippen LogP contribution in [0.5, 0.6) is 5.75 Å². The molecule has 21 heavy (non-hydrogen) atoms. The van der Waals surface area contributed by atoms with Crippen molar-refractivity contribution in [1.82, 2.24) is 0 Å². The summed E-state index contributed by atoms with van der Waals surface area (Å²) in [6.07, 6.45) is 0. The standard InChI is InChI=1S/C14H15N3O3S/c1-17(14(18)12-7-11(20-2)8-21-12)10-5-3-4-9(6-10)13(15)16-19/h3-8,19H,1-2H3,(H2,15,16). The number of thiophene rings is 1. The number of ether oxygens (including phenoxy) is 1. The second kappa shape index (κ2) is 6.27. The summed E-state index contributed by atoms with van der Waals surface area (Å²) in [7, 11) is 3.22. The van der Waals surface area contributed by atoms with Crippen molar-refractivity contribution in [3.05, 3.63) is 46.2 Å². The Labute approximate surface area is 126 Å². The number of amides is 1. The molecular formula is C14H15N3O3S. The van der Waals surface area contributed by atoms with E-state index in [4.69, 9.17) is 15.7 Å². The third-order valence-electron chi connectivity index (χ3n) is 2.96. The maximum Gasteiger partial charge on any atom is 0.268 e. The van der Waals surface area contributed by atoms with Crippen LogP contribution in [0.15, 0.2) is 40.9 Å². The van der Waals surface area contributed by atoms with Crippen molar-refractivity contribution in [3.8, 4) is 5.75 Å². The number of carbonyl (C=O) groups excluding carboxylic acids is 1. The zero-order valence-electron chi connectivity index (χ0n) is 11.6. The number of nitrogens with zero attached hydrogens (tertiary/aromatic N) is 2. The Morgan fingerprint density at radius 1 is 1.43 bits per heavy atom. The normalized spacial score (nSPS) is 11.2. The molecule has 7 heteroatoms. The zero-order chi connectivity index (χ0) is 15.4. The van der Waals surface area contributed by atoms with E-state index >= 15 is 0 Å². The van der Waals surface area contributed by atoms with E-state index in [1.165, 1.54) is 16.2 Å². The molecule has 0 unspecified atom stereocenters. The minimum absolute atomic E-state index is 0.00417. The van der Waals surface area contributed by atoms with Gasteiger partial charge in [0.2, 0.25) is 0 Å². The molecule has 2 aromatic rings. The van der Waals surface area contributed by atoms with Crippen molar-refractivity contribution in [3.63, 3.8) is 0 Å². The number of hydrogen-bond acceptors (Lipinski definition) is 5. The molecule has 1 aromatic heterocycles. The van der Waals surface area contributed by atoms with E-state index in [1.54, 1.807) is 49.9 Å². The molecule has 0 radical (unpaired) electrons. The molecule has 0 fully saturated rings. The summed E-state index contributed by atoms with van der Waals surface area (Å²) < 4.78 is 5.08. The molecule has 1 amide bonds. The molecule has 1 aromatic carbocycles. The summed E-state index contributed by atoms with van der Waals surface area (Å²) in [5.41, 5.74) is 6.74. The summed E-state index contributed by atoms with van der Waals surface area (Å²) in [6, 6.07) is 8.58. The first-order chi connectivity index (χ1) is 10.1. The van der Waals surface area contributed by atoms with Crippen molar-refractivity contribution in [1.29, 1.82) is 0 Å². The molecule has 3 N–H and O–H groups in total. The molecule has 0 aliphatic carbocycles. The van der Waals surface area contributed by atoms with Crippen LogP contribution in [0.3, 0.4) is 0 Å². The van der Waals surface area contributed by atoms with Gasteiger partial charge in [-0.2, -0.15) is 0 Å². The average molecular weight is 305 g/mol. The molecular weight excluding hydrogens is 290 g/mol. The molecule has 0 aliphatic heterocycles. The third kappa shape index (κ3) is 3.14. The minimum Gasteiger partial charge on any atom is -0.496 e. The summed E-state index contributed by atoms with van der Waals surface area (Å²) >= 11 is 1.32. The van der Waals surface area contributed by atoms with Gasteiger partial charge in [0, 0.05) is 29.7 Å². The Kier molecular flexibility index (Phi) is 4.44. The smallest absolute Gasteiger partial charge is 0.268 e. The number of amidine groups is 1. The third-order valence-corrected chi connectivity index (χ3v) is 3.86. The van der Waals surface area contributed by atoms with Gasteiger partial charge in [-0.1, -0.05) is 17.3 Å². The van der Waals surface area contributed by atoms with E-state index < -0.39 is 0 Å². The molecule has 0 aliphatic rings. The Hall–Kier alpha value is -2.54. The topological polar surface area (TPSA) is 88.2 Å². The number of nitrogens with two attached hydrogens (primary N) is 1. The lowest BCUT2D eigenvalue weighted by Gasteiger charge is -2.17. The fourth-order valence-corrected chi connectivity index (χ4v) is 2.58. The van der Waals surface area contributed by atoms with Crippen LogP contribution in [0.25, 0.3) is 0 Å². The van der Waals surface area contributed by atoms with Crippen LogP contribution in [0.1, 0.15) is 15.2 Å². The van der Waals surface area contributed by atoms with Crippen LogP contribution >= 0.6 is 11.3 Å². The van der Waals surface area contributed by atoms with Gasteiger partial charge in [0.25, 0.3) is 5.91 Å². The Balaban J connectivity index is 2.27. The molecule has 110 valence electrons. The van der Waals surface area contributed by atoms with E-state index in [2.05, 4.69) is 5.16 Å². The zero-order valence-corrected chi connectivity index (χ0v) is 12.4. The van der Waals surface area contributed by atoms with Gasteiger partial charge in [0.15, 0.2) is 5.84 Å². The number of anilines is 1. The molecule has 6 nitrogen and oxygen atoms in total. The van der Waals surface area contributed by atoms with Crippen LogP contribution in [0.4, 0.5) is 5.69 Å². The van der Waals surface area contributed by atoms with Gasteiger partial charge in [-0.25, -0.2) is 0 Å². The largest absolute Gasteiger partial charge is 0.496 e. The van der Waals surface area contributed by atoms with E-state index in [1.807, 2.05) is 0 Å². The van der Waals surface area contributed by atoms with Gasteiger partial charge in [0.1, 0.15) is 5.75 Å². The first-order valence-electron chi connectivity index (χ1n) is 6.05. The molecule has 0 atom stereocenters. The Bertz CT molecular complexity index is 682. The van der Waals surface area contributed by atoms with Crippen LogP contribution < -0.4 is 15.4 Å². The predicted molar refractivity (Wildman–Crippen MR) is 82.6 cm³/mol. The maximum atomic E-state index is 12.4. The summed E-state index contributed by atoms with van der Waals surface area (Å²) in [6.45, 7) is 0. The summed E-state index contributed by atoms with van der Waals surface area (Å²) in [4.78, 5) is 14.5. The number of methoxy groups -OCH3 is 1. The molecule has 0 spiro atoms. The highest BCUT2D eigenvalue weighted by molar-refractivity contribution is 7.12. The number of rotatable bonds is 4. The second-order valence-corrected chi connectivity index (χ2v) is 5.16. The van der Waals surface area contributed by atoms with Crippen molar-refractivity contribution < 1.29 is 14.7 Å². The lowest BCUT2D eigenvalue weighted by Crippen LogP contribution is -2.25. The van der Waals surface area contributed by atoms with E-state index in [9.17, 15) is 4.79 Å². The first-order valence-corrected chi connectivity index (χ1v) is 6.93. The number of benzene rings is 1. The van der Waals surface area contributed by atoms with E-state index in [0.29, 0.717) is 21.9 Å². The molecule has 2 rings (SSSR count). The number of carbonyl (C=O) groups is 1. The fourth-order valence-electron chi connectivity index (χ4n) is 1.75. The van der Waals surface area contributed by atoms with Gasteiger partial charge in [-0.15, -0.1) is 11.3 Å². The Morgan fingerprint density at radius 3 is 2.81 bits per heavy atom. The van der Waals surface area contributed by atoms with Gasteiger partial charge in [0.05, 0.1) is 12.0 Å². The van der Waals surface area contributed by atoms with E-state index in [-0.39, 0.29) is 11.7 Å². The van der Waals surface area contributed by atoms with Crippen LogP contribution in [0, 0.1) is 0 Å². The highest BCUT2D eigenvalue weighted by atomic mass is 32.1. The molecule has 0 saturated heterocycles. The highest BCUT2D eigenvalue weighted by Gasteiger charge is 2.16. The van der Waals surface area contributed by atoms with Gasteiger partial charge < -0.3 is 20.6 Å². The van der Waals surface area contributed by atoms with Crippen molar-refractivity contribution in [2.75, 3.05) is 19.1 Å². The van der Waals surface area contributed by atoms with Gasteiger partial charge in [-0.05, 0) is 12.1 Å². The lowest BCUT2D eigenvalue weighted by atomic mass is 10.1. The summed E-state index contributed by atoms with van der Waals surface area (Å²) in [5, 5.41) is 13.4. The van der Waals surface area contributed by atoms with Crippen LogP contribution in [0.2, 0.25) is 0 Å². The van der Waals surface area contributed by atoms with Crippen molar-refractivity contribution in [2.45, 2.75) is 0 Å². The van der Waals surface area contributed by atoms with Crippen LogP contribution in [-0.2, 0) is 0 Å². The van der Waals surface area contributed by atoms with Crippen molar-refractivity contribution in [2.24, 2.45) is 10.9 Å².